The van der Waals surface area contributed by atoms with Gasteiger partial charge in [0.15, 0.2) is 0 Å². The van der Waals surface area contributed by atoms with E-state index in [0.29, 0.717) is 17.5 Å². The maximum atomic E-state index is 12.1. The van der Waals surface area contributed by atoms with Crippen molar-refractivity contribution in [1.82, 2.24) is 8.94 Å². The number of benzene rings is 2. The van der Waals surface area contributed by atoms with E-state index in [1.165, 1.54) is 24.3 Å². The molecule has 29 heavy (non-hydrogen) atoms. The summed E-state index contributed by atoms with van der Waals surface area (Å²) < 4.78 is 47.5. The van der Waals surface area contributed by atoms with Crippen LogP contribution >= 0.6 is 0 Å². The molecule has 2 aliphatic heterocycles. The van der Waals surface area contributed by atoms with E-state index in [9.17, 15) is 36.8 Å². The van der Waals surface area contributed by atoms with Gasteiger partial charge in [0.25, 0.3) is 31.9 Å². The van der Waals surface area contributed by atoms with Gasteiger partial charge in [0.2, 0.25) is 0 Å². The zero-order valence-electron chi connectivity index (χ0n) is 14.6. The molecule has 0 radical (unpaired) electrons. The third-order valence-corrected chi connectivity index (χ3v) is 7.94. The highest BCUT2D eigenvalue weighted by molar-refractivity contribution is 7.90. The van der Waals surface area contributed by atoms with Crippen molar-refractivity contribution in [2.24, 2.45) is 0 Å². The van der Waals surface area contributed by atoms with Gasteiger partial charge in [-0.3, -0.25) is 20.0 Å². The molecule has 2 heterocycles. The fourth-order valence-corrected chi connectivity index (χ4v) is 6.00. The Labute approximate surface area is 165 Å². The number of sulfonamides is 2. The number of rotatable bonds is 4. The number of fused-ring (bicyclic) bond motifs is 2. The van der Waals surface area contributed by atoms with Gasteiger partial charge in [0.05, 0.1) is 11.1 Å². The first-order valence-corrected chi connectivity index (χ1v) is 11.3. The molecule has 0 aliphatic carbocycles. The topological polar surface area (TPSA) is 149 Å². The van der Waals surface area contributed by atoms with Crippen LogP contribution in [0.2, 0.25) is 0 Å². The summed E-state index contributed by atoms with van der Waals surface area (Å²) >= 11 is 0. The fraction of sp³-hybridized carbons (Fsp3) is 0.176. The number of amides is 2. The minimum Gasteiger partial charge on any atom is -0.271 e. The molecule has 0 atom stereocenters. The molecule has 12 heteroatoms. The maximum absolute atomic E-state index is 12.1. The van der Waals surface area contributed by atoms with Crippen LogP contribution in [0.15, 0.2) is 46.2 Å². The smallest absolute Gasteiger partial charge is 0.271 e. The standard InChI is InChI=1S/C17H14N2O8S2/c20-16-14-10(6-2-8-12(14)28(24,25)18(16)22)4-1-5-11-7-3-9-13-15(11)17(21)19(23)29(13,26)27/h2-3,6-9,22-23H,1,4-5H2. The Morgan fingerprint density at radius 2 is 1.07 bits per heavy atom. The molecule has 2 N–H and O–H groups in total. The number of aryl methyl sites for hydroxylation is 2. The van der Waals surface area contributed by atoms with Crippen LogP contribution in [0.25, 0.3) is 0 Å². The average Bonchev–Trinajstić information content (AvgIpc) is 2.98. The van der Waals surface area contributed by atoms with Crippen molar-refractivity contribution >= 4 is 31.9 Å². The van der Waals surface area contributed by atoms with Crippen LogP contribution in [-0.4, -0.2) is 48.0 Å². The van der Waals surface area contributed by atoms with Crippen molar-refractivity contribution in [2.75, 3.05) is 0 Å². The average molecular weight is 438 g/mol. The molecule has 0 fully saturated rings. The van der Waals surface area contributed by atoms with Crippen molar-refractivity contribution in [1.29, 1.82) is 0 Å². The van der Waals surface area contributed by atoms with Gasteiger partial charge in [0.1, 0.15) is 9.79 Å². The number of hydroxylamine groups is 2. The molecule has 4 rings (SSSR count). The highest BCUT2D eigenvalue weighted by Crippen LogP contribution is 2.34. The van der Waals surface area contributed by atoms with Crippen LogP contribution in [-0.2, 0) is 32.9 Å². The summed E-state index contributed by atoms with van der Waals surface area (Å²) in [4.78, 5) is 23.7. The van der Waals surface area contributed by atoms with E-state index < -0.39 is 31.9 Å². The Balaban J connectivity index is 1.61. The molecule has 2 aromatic rings. The van der Waals surface area contributed by atoms with Crippen molar-refractivity contribution in [3.05, 3.63) is 58.7 Å². The van der Waals surface area contributed by atoms with Crippen LogP contribution < -0.4 is 0 Å². The molecule has 0 unspecified atom stereocenters. The first kappa shape index (κ1) is 19.5. The Hall–Kier alpha value is -2.80. The number of hydrogen-bond donors (Lipinski definition) is 2. The molecule has 2 aliphatic rings. The van der Waals surface area contributed by atoms with Crippen molar-refractivity contribution in [3.63, 3.8) is 0 Å². The zero-order chi connectivity index (χ0) is 21.1. The predicted octanol–water partition coefficient (Wildman–Crippen LogP) is 0.929. The zero-order valence-corrected chi connectivity index (χ0v) is 16.3. The van der Waals surface area contributed by atoms with E-state index in [-0.39, 0.29) is 42.7 Å². The van der Waals surface area contributed by atoms with E-state index in [1.54, 1.807) is 12.1 Å². The fourth-order valence-electron chi connectivity index (χ4n) is 3.55. The van der Waals surface area contributed by atoms with Crippen LogP contribution in [0.5, 0.6) is 0 Å². The summed E-state index contributed by atoms with van der Waals surface area (Å²) in [5, 5.41) is 19.1. The quantitative estimate of drug-likeness (QED) is 0.670. The van der Waals surface area contributed by atoms with Crippen LogP contribution in [0.4, 0.5) is 0 Å². The van der Waals surface area contributed by atoms with Crippen LogP contribution in [0.3, 0.4) is 0 Å². The van der Waals surface area contributed by atoms with Crippen molar-refractivity contribution in [2.45, 2.75) is 29.1 Å². The van der Waals surface area contributed by atoms with Crippen molar-refractivity contribution in [3.8, 4) is 0 Å². The molecule has 0 saturated heterocycles. The van der Waals surface area contributed by atoms with Gasteiger partial charge in [-0.05, 0) is 42.5 Å². The number of nitrogens with zero attached hydrogens (tertiary/aromatic N) is 2. The van der Waals surface area contributed by atoms with Gasteiger partial charge >= 0.3 is 0 Å². The Kier molecular flexibility index (Phi) is 4.27. The molecule has 152 valence electrons. The lowest BCUT2D eigenvalue weighted by Crippen LogP contribution is -2.26. The van der Waals surface area contributed by atoms with Gasteiger partial charge < -0.3 is 0 Å². The molecule has 2 aromatic carbocycles. The monoisotopic (exact) mass is 438 g/mol. The summed E-state index contributed by atoms with van der Waals surface area (Å²) in [5.74, 6) is -2.07. The lowest BCUT2D eigenvalue weighted by molar-refractivity contribution is 0.0108. The Morgan fingerprint density at radius 3 is 1.45 bits per heavy atom. The summed E-state index contributed by atoms with van der Waals surface area (Å²) in [5.41, 5.74) is 0.604. The molecule has 0 spiro atoms. The second-order valence-corrected chi connectivity index (χ2v) is 10.0. The summed E-state index contributed by atoms with van der Waals surface area (Å²) in [6, 6.07) is 8.49. The summed E-state index contributed by atoms with van der Waals surface area (Å²) in [6.45, 7) is 0. The molecule has 2 amide bonds. The molecule has 0 bridgehead atoms. The van der Waals surface area contributed by atoms with E-state index in [4.69, 9.17) is 0 Å². The minimum absolute atomic E-state index is 0.103. The number of hydrogen-bond acceptors (Lipinski definition) is 8. The lowest BCUT2D eigenvalue weighted by atomic mass is 9.97. The normalized spacial score (nSPS) is 18.8. The van der Waals surface area contributed by atoms with E-state index in [2.05, 4.69) is 0 Å². The van der Waals surface area contributed by atoms with Gasteiger partial charge in [-0.1, -0.05) is 24.3 Å². The van der Waals surface area contributed by atoms with E-state index in [0.717, 1.165) is 0 Å². The Morgan fingerprint density at radius 1 is 0.690 bits per heavy atom. The number of carbonyl (C=O) groups excluding carboxylic acids is 2. The number of carbonyl (C=O) groups is 2. The second kappa shape index (κ2) is 6.35. The molecule has 0 aromatic heterocycles. The Bertz CT molecular complexity index is 1190. The summed E-state index contributed by atoms with van der Waals surface area (Å²) in [6.07, 6.45) is 0.835. The SMILES string of the molecule is O=C1c2c(CCCc3cccc4c3C(=O)N(O)S4(=O)=O)cccc2S(=O)(=O)N1O. The lowest BCUT2D eigenvalue weighted by Gasteiger charge is -2.08. The molecular weight excluding hydrogens is 424 g/mol. The molecule has 0 saturated carbocycles. The van der Waals surface area contributed by atoms with Gasteiger partial charge in [-0.25, -0.2) is 0 Å². The highest BCUT2D eigenvalue weighted by Gasteiger charge is 2.43. The third-order valence-electron chi connectivity index (χ3n) is 4.90. The van der Waals surface area contributed by atoms with Crippen LogP contribution in [0.1, 0.15) is 38.3 Å². The highest BCUT2D eigenvalue weighted by atomic mass is 32.2. The second-order valence-electron chi connectivity index (χ2n) is 6.54. The van der Waals surface area contributed by atoms with Crippen molar-refractivity contribution < 1.29 is 36.8 Å². The molecular formula is C17H14N2O8S2. The summed E-state index contributed by atoms with van der Waals surface area (Å²) in [7, 11) is -8.55. The minimum atomic E-state index is -4.27. The third kappa shape index (κ3) is 2.68. The first-order valence-electron chi connectivity index (χ1n) is 8.39. The first-order chi connectivity index (χ1) is 13.6. The van der Waals surface area contributed by atoms with Gasteiger partial charge in [-0.15, -0.1) is 8.94 Å². The largest absolute Gasteiger partial charge is 0.293 e. The van der Waals surface area contributed by atoms with E-state index in [1.807, 2.05) is 0 Å². The van der Waals surface area contributed by atoms with Gasteiger partial charge in [0, 0.05) is 0 Å². The van der Waals surface area contributed by atoms with Gasteiger partial charge in [-0.2, -0.15) is 16.8 Å². The van der Waals surface area contributed by atoms with Crippen LogP contribution in [0, 0.1) is 0 Å². The predicted molar refractivity (Wildman–Crippen MR) is 95.2 cm³/mol. The van der Waals surface area contributed by atoms with E-state index >= 15 is 0 Å². The maximum Gasteiger partial charge on any atom is 0.293 e. The molecule has 10 nitrogen and oxygen atoms in total.